The van der Waals surface area contributed by atoms with Gasteiger partial charge in [0.05, 0.1) is 0 Å². The molecule has 0 heterocycles. The van der Waals surface area contributed by atoms with Gasteiger partial charge in [-0.05, 0) is 0 Å². The second-order valence-electron chi connectivity index (χ2n) is 4.09. The Morgan fingerprint density at radius 3 is 0.750 bits per heavy atom. The number of hydrogen-bond acceptors (Lipinski definition) is 6. The molecule has 0 aromatic heterocycles. The quantitative estimate of drug-likeness (QED) is 0.575. The molecule has 0 aromatic rings. The molecule has 20 heavy (non-hydrogen) atoms. The molecule has 0 amide bonds. The second-order valence-corrected chi connectivity index (χ2v) is 10.3. The van der Waals surface area contributed by atoms with Crippen LogP contribution in [0.2, 0.25) is 12.1 Å². The fourth-order valence-electron chi connectivity index (χ4n) is 1.72. The summed E-state index contributed by atoms with van der Waals surface area (Å²) < 4.78 is 31.0. The SMILES string of the molecule is CCC[Si](OC)(OC)OC.CCC[Si](OC)(OC)OC. The van der Waals surface area contributed by atoms with E-state index in [2.05, 4.69) is 13.8 Å². The minimum Gasteiger partial charge on any atom is -0.377 e. The first kappa shape index (κ1) is 22.5. The number of rotatable bonds is 10. The van der Waals surface area contributed by atoms with Crippen molar-refractivity contribution in [2.75, 3.05) is 42.7 Å². The Morgan fingerprint density at radius 1 is 0.500 bits per heavy atom. The average Bonchev–Trinajstić information content (AvgIpc) is 2.51. The average molecular weight is 329 g/mol. The summed E-state index contributed by atoms with van der Waals surface area (Å²) >= 11 is 0. The lowest BCUT2D eigenvalue weighted by Crippen LogP contribution is -2.42. The molecule has 0 rings (SSSR count). The molecule has 0 aliphatic carbocycles. The molecule has 0 N–H and O–H groups in total. The van der Waals surface area contributed by atoms with Crippen LogP contribution < -0.4 is 0 Å². The molecule has 0 saturated heterocycles. The maximum atomic E-state index is 5.17. The number of hydrogen-bond donors (Lipinski definition) is 0. The van der Waals surface area contributed by atoms with Gasteiger partial charge in [0.15, 0.2) is 0 Å². The predicted molar refractivity (Wildman–Crippen MR) is 83.8 cm³/mol. The normalized spacial score (nSPS) is 12.0. The van der Waals surface area contributed by atoms with Crippen LogP contribution >= 0.6 is 0 Å². The zero-order valence-electron chi connectivity index (χ0n) is 14.3. The van der Waals surface area contributed by atoms with Gasteiger partial charge in [-0.2, -0.15) is 0 Å². The van der Waals surface area contributed by atoms with Gasteiger partial charge >= 0.3 is 17.6 Å². The lowest BCUT2D eigenvalue weighted by molar-refractivity contribution is 0.123. The van der Waals surface area contributed by atoms with Gasteiger partial charge in [-0.25, -0.2) is 0 Å². The van der Waals surface area contributed by atoms with Crippen molar-refractivity contribution in [2.24, 2.45) is 0 Å². The molecule has 0 aromatic carbocycles. The van der Waals surface area contributed by atoms with E-state index in [0.29, 0.717) is 0 Å². The van der Waals surface area contributed by atoms with Crippen molar-refractivity contribution in [2.45, 2.75) is 38.8 Å². The molecular formula is C12H32O6Si2. The molecule has 0 aliphatic heterocycles. The van der Waals surface area contributed by atoms with Crippen LogP contribution in [0.3, 0.4) is 0 Å². The van der Waals surface area contributed by atoms with Crippen molar-refractivity contribution in [1.29, 1.82) is 0 Å². The fraction of sp³-hybridized carbons (Fsp3) is 1.00. The maximum absolute atomic E-state index is 5.17. The summed E-state index contributed by atoms with van der Waals surface area (Å²) in [4.78, 5) is 0. The van der Waals surface area contributed by atoms with Crippen LogP contribution in [0.4, 0.5) is 0 Å². The van der Waals surface area contributed by atoms with Gasteiger partial charge in [-0.1, -0.05) is 26.7 Å². The monoisotopic (exact) mass is 328 g/mol. The first-order valence-corrected chi connectivity index (χ1v) is 10.7. The molecule has 0 atom stereocenters. The van der Waals surface area contributed by atoms with Crippen LogP contribution in [0.25, 0.3) is 0 Å². The van der Waals surface area contributed by atoms with E-state index in [-0.39, 0.29) is 0 Å². The Bertz CT molecular complexity index is 172. The molecule has 0 saturated carbocycles. The largest absolute Gasteiger partial charge is 0.500 e. The maximum Gasteiger partial charge on any atom is 0.500 e. The molecule has 124 valence electrons. The zero-order chi connectivity index (χ0) is 16.1. The van der Waals surface area contributed by atoms with Crippen LogP contribution in [-0.2, 0) is 26.6 Å². The smallest absolute Gasteiger partial charge is 0.377 e. The molecule has 0 spiro atoms. The van der Waals surface area contributed by atoms with E-state index in [0.717, 1.165) is 24.9 Å². The highest BCUT2D eigenvalue weighted by atomic mass is 28.4. The fourth-order valence-corrected chi connectivity index (χ4v) is 5.17. The van der Waals surface area contributed by atoms with E-state index in [1.165, 1.54) is 0 Å². The minimum atomic E-state index is -2.22. The zero-order valence-corrected chi connectivity index (χ0v) is 16.3. The molecule has 6 nitrogen and oxygen atoms in total. The third kappa shape index (κ3) is 7.84. The molecule has 0 unspecified atom stereocenters. The summed E-state index contributed by atoms with van der Waals surface area (Å²) in [6.07, 6.45) is 2.06. The first-order valence-electron chi connectivity index (χ1n) is 6.80. The van der Waals surface area contributed by atoms with Crippen LogP contribution in [0.1, 0.15) is 26.7 Å². The van der Waals surface area contributed by atoms with Crippen molar-refractivity contribution >= 4 is 17.6 Å². The highest BCUT2D eigenvalue weighted by molar-refractivity contribution is 6.60. The van der Waals surface area contributed by atoms with E-state index in [1.807, 2.05) is 0 Å². The van der Waals surface area contributed by atoms with Crippen LogP contribution in [0.15, 0.2) is 0 Å². The van der Waals surface area contributed by atoms with Gasteiger partial charge in [-0.3, -0.25) is 0 Å². The van der Waals surface area contributed by atoms with E-state index in [4.69, 9.17) is 26.6 Å². The van der Waals surface area contributed by atoms with Crippen LogP contribution in [0, 0.1) is 0 Å². The topological polar surface area (TPSA) is 55.4 Å². The molecule has 0 aliphatic rings. The van der Waals surface area contributed by atoms with Gasteiger partial charge < -0.3 is 26.6 Å². The molecule has 8 heteroatoms. The van der Waals surface area contributed by atoms with Gasteiger partial charge in [0.25, 0.3) is 0 Å². The minimum absolute atomic E-state index is 0.885. The van der Waals surface area contributed by atoms with Gasteiger partial charge in [0.1, 0.15) is 0 Å². The highest BCUT2D eigenvalue weighted by Gasteiger charge is 2.36. The van der Waals surface area contributed by atoms with Crippen molar-refractivity contribution in [3.63, 3.8) is 0 Å². The van der Waals surface area contributed by atoms with E-state index >= 15 is 0 Å². The Hall–Kier alpha value is 0.194. The Kier molecular flexibility index (Phi) is 14.5. The van der Waals surface area contributed by atoms with Crippen molar-refractivity contribution < 1.29 is 26.6 Å². The van der Waals surface area contributed by atoms with Gasteiger partial charge in [0, 0.05) is 54.7 Å². The summed E-state index contributed by atoms with van der Waals surface area (Å²) in [6, 6.07) is 1.77. The van der Waals surface area contributed by atoms with Crippen molar-refractivity contribution in [3.05, 3.63) is 0 Å². The third-order valence-electron chi connectivity index (χ3n) is 2.98. The molecule has 0 radical (unpaired) electrons. The van der Waals surface area contributed by atoms with Crippen molar-refractivity contribution in [1.82, 2.24) is 0 Å². The Labute approximate surface area is 126 Å². The Morgan fingerprint density at radius 2 is 0.700 bits per heavy atom. The van der Waals surface area contributed by atoms with Gasteiger partial charge in [0.2, 0.25) is 0 Å². The van der Waals surface area contributed by atoms with E-state index in [9.17, 15) is 0 Å². The third-order valence-corrected chi connectivity index (χ3v) is 8.94. The van der Waals surface area contributed by atoms with E-state index in [1.54, 1.807) is 42.7 Å². The predicted octanol–water partition coefficient (Wildman–Crippen LogP) is 2.55. The summed E-state index contributed by atoms with van der Waals surface area (Å²) in [7, 11) is 5.37. The first-order chi connectivity index (χ1) is 9.49. The summed E-state index contributed by atoms with van der Waals surface area (Å²) in [5, 5.41) is 0. The lowest BCUT2D eigenvalue weighted by atomic mass is 10.6. The molecule has 0 bridgehead atoms. The standard InChI is InChI=1S/2C6H16O3Si/c2*1-5-6-10(7-2,8-3)9-4/h2*5-6H2,1-4H3. The second kappa shape index (κ2) is 12.9. The lowest BCUT2D eigenvalue weighted by Gasteiger charge is -2.23. The van der Waals surface area contributed by atoms with Crippen LogP contribution in [0.5, 0.6) is 0 Å². The summed E-state index contributed by atoms with van der Waals surface area (Å²) in [5.41, 5.74) is 0. The molecule has 0 fully saturated rings. The summed E-state index contributed by atoms with van der Waals surface area (Å²) in [5.74, 6) is 0. The van der Waals surface area contributed by atoms with Gasteiger partial charge in [-0.15, -0.1) is 0 Å². The Balaban J connectivity index is 0. The molecular weight excluding hydrogens is 296 g/mol. The summed E-state index contributed by atoms with van der Waals surface area (Å²) in [6.45, 7) is 4.16. The highest BCUT2D eigenvalue weighted by Crippen LogP contribution is 2.14. The van der Waals surface area contributed by atoms with Crippen LogP contribution in [-0.4, -0.2) is 60.3 Å². The van der Waals surface area contributed by atoms with E-state index < -0.39 is 17.6 Å². The van der Waals surface area contributed by atoms with Crippen molar-refractivity contribution in [3.8, 4) is 0 Å².